The second kappa shape index (κ2) is 11.2. The molecule has 2 atom stereocenters. The van der Waals surface area contributed by atoms with Gasteiger partial charge in [0.05, 0.1) is 12.1 Å². The summed E-state index contributed by atoms with van der Waals surface area (Å²) in [5.41, 5.74) is 1.75. The summed E-state index contributed by atoms with van der Waals surface area (Å²) in [6.45, 7) is 9.94. The van der Waals surface area contributed by atoms with Crippen LogP contribution in [0, 0.1) is 17.9 Å². The Balaban J connectivity index is 0.000000791. The Morgan fingerprint density at radius 1 is 0.962 bits per heavy atom. The molecule has 2 aliphatic rings. The number of hydrogen-bond donors (Lipinski definition) is 0. The van der Waals surface area contributed by atoms with Crippen LogP contribution in [0.4, 0.5) is 0 Å². The predicted molar refractivity (Wildman–Crippen MR) is 103 cm³/mol. The summed E-state index contributed by atoms with van der Waals surface area (Å²) in [6, 6.07) is 9.73. The van der Waals surface area contributed by atoms with E-state index in [4.69, 9.17) is 28.9 Å². The van der Waals surface area contributed by atoms with E-state index in [1.165, 1.54) is 0 Å². The third-order valence-corrected chi connectivity index (χ3v) is 4.14. The molecule has 0 fully saturated rings. The van der Waals surface area contributed by atoms with Crippen molar-refractivity contribution >= 4 is 31.2 Å². The van der Waals surface area contributed by atoms with Crippen LogP contribution >= 0.6 is 19.4 Å². The topological polar surface area (TPSA) is 74.7 Å². The van der Waals surface area contributed by atoms with Crippen molar-refractivity contribution in [3.05, 3.63) is 35.4 Å². The fourth-order valence-corrected chi connectivity index (χ4v) is 2.48. The van der Waals surface area contributed by atoms with Crippen molar-refractivity contribution < 1.29 is 30.1 Å². The summed E-state index contributed by atoms with van der Waals surface area (Å²) < 4.78 is 11.5. The Hall–Kier alpha value is -0.677. The first kappa shape index (κ1) is 23.4. The molecule has 2 unspecified atom stereocenters. The van der Waals surface area contributed by atoms with Crippen molar-refractivity contribution in [3.8, 4) is 0 Å². The van der Waals surface area contributed by atoms with Gasteiger partial charge in [0.25, 0.3) is 0 Å². The molecule has 5 nitrogen and oxygen atoms in total. The van der Waals surface area contributed by atoms with Crippen molar-refractivity contribution in [3.63, 3.8) is 0 Å². The maximum atomic E-state index is 5.73. The van der Waals surface area contributed by atoms with E-state index < -0.39 is 0 Å². The van der Waals surface area contributed by atoms with Crippen molar-refractivity contribution in [1.29, 1.82) is 0 Å². The van der Waals surface area contributed by atoms with Gasteiger partial charge in [-0.2, -0.15) is 0 Å². The minimum absolute atomic E-state index is 0. The predicted octanol–water partition coefficient (Wildman–Crippen LogP) is 3.64. The van der Waals surface area contributed by atoms with Gasteiger partial charge in [0.15, 0.2) is 0 Å². The van der Waals surface area contributed by atoms with E-state index in [1.807, 2.05) is 18.2 Å². The number of ether oxygens (including phenoxy) is 2. The van der Waals surface area contributed by atoms with Crippen LogP contribution in [0.3, 0.4) is 0 Å². The zero-order chi connectivity index (χ0) is 18.4. The van der Waals surface area contributed by atoms with Crippen LogP contribution in [-0.2, 0) is 24.6 Å². The molecular formula is C18H25Cl2N2O3Rh. The van der Waals surface area contributed by atoms with Gasteiger partial charge in [-0.05, 0) is 11.8 Å². The summed E-state index contributed by atoms with van der Waals surface area (Å²) in [6.07, 6.45) is 0. The van der Waals surface area contributed by atoms with Crippen LogP contribution in [0.5, 0.6) is 0 Å². The quantitative estimate of drug-likeness (QED) is 0.477. The molecule has 2 heterocycles. The van der Waals surface area contributed by atoms with Gasteiger partial charge in [-0.15, -0.1) is 24.3 Å². The van der Waals surface area contributed by atoms with Crippen LogP contribution in [0.15, 0.2) is 28.2 Å². The van der Waals surface area contributed by atoms with E-state index in [1.54, 1.807) is 0 Å². The van der Waals surface area contributed by atoms with Gasteiger partial charge in [0.1, 0.15) is 25.0 Å². The van der Waals surface area contributed by atoms with Crippen molar-refractivity contribution in [2.75, 3.05) is 13.2 Å². The van der Waals surface area contributed by atoms with E-state index in [-0.39, 0.29) is 32.7 Å². The summed E-state index contributed by atoms with van der Waals surface area (Å²) in [5.74, 6) is 2.32. The first-order valence-corrected chi connectivity index (χ1v) is 12.5. The summed E-state index contributed by atoms with van der Waals surface area (Å²) in [7, 11) is 9.67. The molecule has 2 N–H and O–H groups in total. The SMILES string of the molecule is CC(C)C1COC(c2[c-]c(C3=NC(C(C)C)CO3)ccc2)=N1.O.[Cl][Rh+][Cl]. The first-order chi connectivity index (χ1) is 12.0. The molecule has 0 saturated carbocycles. The van der Waals surface area contributed by atoms with Crippen LogP contribution in [-0.4, -0.2) is 42.6 Å². The molecule has 26 heavy (non-hydrogen) atoms. The normalized spacial score (nSPS) is 21.4. The number of hydrogen-bond acceptors (Lipinski definition) is 4. The van der Waals surface area contributed by atoms with E-state index >= 15 is 0 Å². The molecule has 0 radical (unpaired) electrons. The number of aliphatic imine (C=N–C) groups is 2. The molecule has 1 aromatic carbocycles. The van der Waals surface area contributed by atoms with Gasteiger partial charge in [-0.1, -0.05) is 38.8 Å². The number of nitrogens with zero attached hydrogens (tertiary/aromatic N) is 2. The monoisotopic (exact) mass is 490 g/mol. The van der Waals surface area contributed by atoms with Gasteiger partial charge in [-0.25, -0.2) is 0 Å². The average Bonchev–Trinajstić information content (AvgIpc) is 3.26. The van der Waals surface area contributed by atoms with Gasteiger partial charge in [-0.3, -0.25) is 9.98 Å². The Kier molecular flexibility index (Phi) is 10.1. The third kappa shape index (κ3) is 6.19. The van der Waals surface area contributed by atoms with Crippen LogP contribution in [0.25, 0.3) is 0 Å². The number of rotatable bonds is 4. The molecule has 3 rings (SSSR count). The Labute approximate surface area is 171 Å². The first-order valence-electron chi connectivity index (χ1n) is 8.24. The molecule has 0 spiro atoms. The molecule has 148 valence electrons. The molecular weight excluding hydrogens is 466 g/mol. The average molecular weight is 491 g/mol. The van der Waals surface area contributed by atoms with Crippen molar-refractivity contribution in [2.24, 2.45) is 21.8 Å². The molecule has 1 aromatic rings. The van der Waals surface area contributed by atoms with Crippen LogP contribution in [0.2, 0.25) is 0 Å². The van der Waals surface area contributed by atoms with Gasteiger partial charge < -0.3 is 14.9 Å². The second-order valence-corrected chi connectivity index (χ2v) is 9.13. The van der Waals surface area contributed by atoms with Gasteiger partial charge in [0.2, 0.25) is 0 Å². The fourth-order valence-electron chi connectivity index (χ4n) is 2.48. The molecule has 0 amide bonds. The summed E-state index contributed by atoms with van der Waals surface area (Å²) in [4.78, 5) is 9.30. The third-order valence-electron chi connectivity index (χ3n) is 4.14. The second-order valence-electron chi connectivity index (χ2n) is 6.64. The molecule has 0 aromatic heterocycles. The summed E-state index contributed by atoms with van der Waals surface area (Å²) >= 11 is -0.226. The molecule has 0 bridgehead atoms. The standard InChI is InChI=1S/C18H23N2O2.2ClH.H2O.Rh/c1-11(2)15-9-21-17(19-15)13-6-5-7-14(8-13)18-20-16(10-22-18)12(3)4;;;;/h5-7,11-12,15-16H,9-10H2,1-4H3;2*1H;1H2;/q-1;;;;+3/p-2. The molecule has 8 heteroatoms. The van der Waals surface area contributed by atoms with E-state index in [2.05, 4.69) is 43.7 Å². The van der Waals surface area contributed by atoms with Crippen LogP contribution in [0.1, 0.15) is 38.8 Å². The minimum atomic E-state index is -0.226. The van der Waals surface area contributed by atoms with Crippen molar-refractivity contribution in [1.82, 2.24) is 0 Å². The van der Waals surface area contributed by atoms with E-state index in [0.717, 1.165) is 11.1 Å². The molecule has 2 aliphatic heterocycles. The Bertz CT molecular complexity index is 589. The molecule has 0 aliphatic carbocycles. The van der Waals surface area contributed by atoms with Crippen LogP contribution < -0.4 is 0 Å². The summed E-state index contributed by atoms with van der Waals surface area (Å²) in [5, 5.41) is 0. The zero-order valence-corrected chi connectivity index (χ0v) is 18.4. The van der Waals surface area contributed by atoms with E-state index in [9.17, 15) is 0 Å². The zero-order valence-electron chi connectivity index (χ0n) is 15.3. The van der Waals surface area contributed by atoms with Crippen molar-refractivity contribution in [2.45, 2.75) is 39.8 Å². The van der Waals surface area contributed by atoms with E-state index in [0.29, 0.717) is 36.8 Å². The van der Waals surface area contributed by atoms with Gasteiger partial charge >= 0.3 is 34.5 Å². The Morgan fingerprint density at radius 3 is 1.65 bits per heavy atom. The fraction of sp³-hybridized carbons (Fsp3) is 0.556. The Morgan fingerprint density at radius 2 is 1.35 bits per heavy atom. The number of halogens is 2. The number of benzene rings is 1. The van der Waals surface area contributed by atoms with Gasteiger partial charge in [0, 0.05) is 0 Å². The maximum absolute atomic E-state index is 5.73. The molecule has 0 saturated heterocycles.